The summed E-state index contributed by atoms with van der Waals surface area (Å²) < 4.78 is 5.47. The lowest BCUT2D eigenvalue weighted by Gasteiger charge is -1.88. The zero-order valence-electron chi connectivity index (χ0n) is 8.36. The lowest BCUT2D eigenvalue weighted by atomic mass is 10.4. The Bertz CT molecular complexity index is 438. The zero-order valence-corrected chi connectivity index (χ0v) is 9.94. The molecule has 0 spiro atoms. The smallest absolute Gasteiger partial charge is 0.183 e. The molecular weight excluding hydrogens is 232 g/mol. The molecule has 0 aliphatic rings. The summed E-state index contributed by atoms with van der Waals surface area (Å²) in [5.41, 5.74) is 0. The number of furan rings is 1. The van der Waals surface area contributed by atoms with Gasteiger partial charge < -0.3 is 4.42 Å². The van der Waals surface area contributed by atoms with Gasteiger partial charge in [-0.3, -0.25) is 0 Å². The first kappa shape index (κ1) is 10.6. The van der Waals surface area contributed by atoms with Crippen LogP contribution in [0.3, 0.4) is 0 Å². The summed E-state index contributed by atoms with van der Waals surface area (Å²) in [6.07, 6.45) is 1.83. The predicted molar refractivity (Wildman–Crippen MR) is 61.4 cm³/mol. The van der Waals surface area contributed by atoms with Gasteiger partial charge in [-0.25, -0.2) is 0 Å². The molecule has 80 valence electrons. The van der Waals surface area contributed by atoms with Crippen molar-refractivity contribution in [3.63, 3.8) is 0 Å². The molecule has 3 nitrogen and oxygen atoms in total. The van der Waals surface area contributed by atoms with Gasteiger partial charge in [0, 0.05) is 12.3 Å². The Kier molecular flexibility index (Phi) is 3.38. The van der Waals surface area contributed by atoms with E-state index < -0.39 is 0 Å². The van der Waals surface area contributed by atoms with Crippen molar-refractivity contribution in [3.8, 4) is 10.8 Å². The Hall–Kier alpha value is -0.870. The molecule has 5 heteroatoms. The van der Waals surface area contributed by atoms with Crippen molar-refractivity contribution >= 4 is 22.9 Å². The maximum absolute atomic E-state index is 5.62. The fourth-order valence-electron chi connectivity index (χ4n) is 1.22. The molecule has 0 unspecified atom stereocenters. The summed E-state index contributed by atoms with van der Waals surface area (Å²) in [5, 5.41) is 10.0. The highest BCUT2D eigenvalue weighted by atomic mass is 35.5. The van der Waals surface area contributed by atoms with E-state index in [1.807, 2.05) is 19.1 Å². The molecule has 0 radical (unpaired) electrons. The molecule has 2 heterocycles. The standard InChI is InChI=1S/C10H11ClN2OS/c1-7-4-5-8(14-7)10-13-12-9(15-10)3-2-6-11/h4-5H,2-3,6H2,1H3. The number of hydrogen-bond acceptors (Lipinski definition) is 4. The van der Waals surface area contributed by atoms with E-state index in [2.05, 4.69) is 10.2 Å². The van der Waals surface area contributed by atoms with Gasteiger partial charge in [-0.1, -0.05) is 11.3 Å². The molecule has 2 rings (SSSR count). The van der Waals surface area contributed by atoms with Crippen LogP contribution in [0.5, 0.6) is 0 Å². The van der Waals surface area contributed by atoms with Crippen molar-refractivity contribution in [1.82, 2.24) is 10.2 Å². The molecule has 0 aromatic carbocycles. The minimum absolute atomic E-state index is 0.661. The van der Waals surface area contributed by atoms with Crippen molar-refractivity contribution in [2.24, 2.45) is 0 Å². The first-order chi connectivity index (χ1) is 7.29. The van der Waals surface area contributed by atoms with Gasteiger partial charge in [-0.2, -0.15) is 0 Å². The third-order valence-electron chi connectivity index (χ3n) is 1.94. The number of aromatic nitrogens is 2. The molecule has 0 atom stereocenters. The van der Waals surface area contributed by atoms with Gasteiger partial charge in [0.05, 0.1) is 0 Å². The second-order valence-electron chi connectivity index (χ2n) is 3.20. The summed E-state index contributed by atoms with van der Waals surface area (Å²) in [4.78, 5) is 0. The number of aryl methyl sites for hydroxylation is 2. The fourth-order valence-corrected chi connectivity index (χ4v) is 2.20. The molecule has 0 aliphatic heterocycles. The monoisotopic (exact) mass is 242 g/mol. The molecule has 0 saturated heterocycles. The molecule has 0 bridgehead atoms. The number of hydrogen-bond donors (Lipinski definition) is 0. The normalized spacial score (nSPS) is 10.8. The van der Waals surface area contributed by atoms with Gasteiger partial charge in [0.1, 0.15) is 10.8 Å². The van der Waals surface area contributed by atoms with Crippen molar-refractivity contribution in [3.05, 3.63) is 22.9 Å². The van der Waals surface area contributed by atoms with Crippen LogP contribution in [0.25, 0.3) is 10.8 Å². The molecule has 2 aromatic heterocycles. The minimum Gasteiger partial charge on any atom is -0.459 e. The third-order valence-corrected chi connectivity index (χ3v) is 3.21. The summed E-state index contributed by atoms with van der Waals surface area (Å²) in [5.74, 6) is 2.35. The van der Waals surface area contributed by atoms with Crippen LogP contribution in [-0.4, -0.2) is 16.1 Å². The van der Waals surface area contributed by atoms with E-state index in [1.165, 1.54) is 0 Å². The average Bonchev–Trinajstić information content (AvgIpc) is 2.83. The Morgan fingerprint density at radius 3 is 2.93 bits per heavy atom. The molecule has 15 heavy (non-hydrogen) atoms. The van der Waals surface area contributed by atoms with Crippen LogP contribution in [0.15, 0.2) is 16.5 Å². The number of nitrogens with zero attached hydrogens (tertiary/aromatic N) is 2. The van der Waals surface area contributed by atoms with Gasteiger partial charge in [0.2, 0.25) is 0 Å². The van der Waals surface area contributed by atoms with E-state index in [0.717, 1.165) is 34.4 Å². The average molecular weight is 243 g/mol. The highest BCUT2D eigenvalue weighted by Crippen LogP contribution is 2.25. The van der Waals surface area contributed by atoms with Gasteiger partial charge in [0.15, 0.2) is 10.8 Å². The summed E-state index contributed by atoms with van der Waals surface area (Å²) in [6.45, 7) is 1.92. The molecule has 0 N–H and O–H groups in total. The first-order valence-corrected chi connectivity index (χ1v) is 6.10. The van der Waals surface area contributed by atoms with E-state index in [4.69, 9.17) is 16.0 Å². The van der Waals surface area contributed by atoms with Crippen molar-refractivity contribution in [1.29, 1.82) is 0 Å². The van der Waals surface area contributed by atoms with E-state index in [1.54, 1.807) is 11.3 Å². The Morgan fingerprint density at radius 1 is 1.40 bits per heavy atom. The van der Waals surface area contributed by atoms with Crippen molar-refractivity contribution in [2.75, 3.05) is 5.88 Å². The highest BCUT2D eigenvalue weighted by Gasteiger charge is 2.09. The van der Waals surface area contributed by atoms with Crippen LogP contribution in [0, 0.1) is 6.92 Å². The van der Waals surface area contributed by atoms with Crippen LogP contribution >= 0.6 is 22.9 Å². The Morgan fingerprint density at radius 2 is 2.27 bits per heavy atom. The van der Waals surface area contributed by atoms with Gasteiger partial charge in [-0.15, -0.1) is 21.8 Å². The number of rotatable bonds is 4. The highest BCUT2D eigenvalue weighted by molar-refractivity contribution is 7.14. The fraction of sp³-hybridized carbons (Fsp3) is 0.400. The maximum atomic E-state index is 5.62. The SMILES string of the molecule is Cc1ccc(-c2nnc(CCCCl)s2)o1. The van der Waals surface area contributed by atoms with Gasteiger partial charge in [0.25, 0.3) is 0 Å². The number of alkyl halides is 1. The van der Waals surface area contributed by atoms with Crippen molar-refractivity contribution in [2.45, 2.75) is 19.8 Å². The van der Waals surface area contributed by atoms with Crippen molar-refractivity contribution < 1.29 is 4.42 Å². The molecule has 0 amide bonds. The summed E-state index contributed by atoms with van der Waals surface area (Å²) in [6, 6.07) is 3.84. The molecule has 0 saturated carbocycles. The predicted octanol–water partition coefficient (Wildman–Crippen LogP) is 3.28. The van der Waals surface area contributed by atoms with E-state index in [9.17, 15) is 0 Å². The topological polar surface area (TPSA) is 38.9 Å². The van der Waals surface area contributed by atoms with E-state index in [-0.39, 0.29) is 0 Å². The summed E-state index contributed by atoms with van der Waals surface area (Å²) in [7, 11) is 0. The van der Waals surface area contributed by atoms with Gasteiger partial charge in [-0.05, 0) is 25.5 Å². The molecular formula is C10H11ClN2OS. The molecule has 0 fully saturated rings. The lowest BCUT2D eigenvalue weighted by Crippen LogP contribution is -1.84. The van der Waals surface area contributed by atoms with Gasteiger partial charge >= 0.3 is 0 Å². The largest absolute Gasteiger partial charge is 0.459 e. The van der Waals surface area contributed by atoms with Crippen LogP contribution in [0.2, 0.25) is 0 Å². The van der Waals surface area contributed by atoms with Crippen LogP contribution in [0.4, 0.5) is 0 Å². The minimum atomic E-state index is 0.661. The summed E-state index contributed by atoms with van der Waals surface area (Å²) >= 11 is 7.18. The quantitative estimate of drug-likeness (QED) is 0.773. The molecule has 0 aliphatic carbocycles. The second kappa shape index (κ2) is 4.77. The Balaban J connectivity index is 2.13. The first-order valence-electron chi connectivity index (χ1n) is 4.75. The maximum Gasteiger partial charge on any atom is 0.183 e. The van der Waals surface area contributed by atoms with E-state index in [0.29, 0.717) is 5.88 Å². The Labute approximate surface area is 97.1 Å². The third kappa shape index (κ3) is 2.58. The lowest BCUT2D eigenvalue weighted by molar-refractivity contribution is 0.547. The zero-order chi connectivity index (χ0) is 10.7. The number of halogens is 1. The van der Waals surface area contributed by atoms with E-state index >= 15 is 0 Å². The van der Waals surface area contributed by atoms with Crippen LogP contribution < -0.4 is 0 Å². The van der Waals surface area contributed by atoms with Crippen LogP contribution in [-0.2, 0) is 6.42 Å². The van der Waals surface area contributed by atoms with Crippen LogP contribution in [0.1, 0.15) is 17.2 Å². The molecule has 2 aromatic rings. The second-order valence-corrected chi connectivity index (χ2v) is 4.64.